The van der Waals surface area contributed by atoms with E-state index in [2.05, 4.69) is 22.9 Å². The fraction of sp³-hybridized carbons (Fsp3) is 0.529. The van der Waals surface area contributed by atoms with Crippen LogP contribution in [0.15, 0.2) is 30.3 Å². The highest BCUT2D eigenvalue weighted by Gasteiger charge is 2.19. The first-order valence-electron chi connectivity index (χ1n) is 7.97. The Morgan fingerprint density at radius 1 is 1.23 bits per heavy atom. The Balaban J connectivity index is 1.61. The third kappa shape index (κ3) is 5.85. The molecule has 5 nitrogen and oxygen atoms in total. The Bertz CT molecular complexity index is 490. The molecule has 120 valence electrons. The molecule has 2 amide bonds. The van der Waals surface area contributed by atoms with Gasteiger partial charge >= 0.3 is 0 Å². The highest BCUT2D eigenvalue weighted by atomic mass is 16.2. The van der Waals surface area contributed by atoms with Crippen molar-refractivity contribution in [3.8, 4) is 0 Å². The Labute approximate surface area is 131 Å². The van der Waals surface area contributed by atoms with Crippen molar-refractivity contribution in [1.82, 2.24) is 16.0 Å². The van der Waals surface area contributed by atoms with Crippen molar-refractivity contribution in [2.75, 3.05) is 13.1 Å². The Morgan fingerprint density at radius 3 is 2.73 bits per heavy atom. The summed E-state index contributed by atoms with van der Waals surface area (Å²) < 4.78 is 0. The van der Waals surface area contributed by atoms with Crippen LogP contribution in [0.5, 0.6) is 0 Å². The van der Waals surface area contributed by atoms with Gasteiger partial charge in [0.1, 0.15) is 0 Å². The maximum absolute atomic E-state index is 11.9. The SMILES string of the molecule is CC1CC(NC(=O)CCNC(=O)Cc2ccccc2)CCN1. The molecule has 3 N–H and O–H groups in total. The largest absolute Gasteiger partial charge is 0.355 e. The summed E-state index contributed by atoms with van der Waals surface area (Å²) in [7, 11) is 0. The summed E-state index contributed by atoms with van der Waals surface area (Å²) in [6.07, 6.45) is 2.62. The van der Waals surface area contributed by atoms with Crippen molar-refractivity contribution in [2.24, 2.45) is 0 Å². The van der Waals surface area contributed by atoms with Gasteiger partial charge in [-0.25, -0.2) is 0 Å². The highest BCUT2D eigenvalue weighted by Crippen LogP contribution is 2.08. The molecule has 0 aromatic heterocycles. The van der Waals surface area contributed by atoms with E-state index in [4.69, 9.17) is 0 Å². The fourth-order valence-electron chi connectivity index (χ4n) is 2.72. The van der Waals surface area contributed by atoms with E-state index < -0.39 is 0 Å². The van der Waals surface area contributed by atoms with Gasteiger partial charge in [-0.1, -0.05) is 30.3 Å². The van der Waals surface area contributed by atoms with Crippen LogP contribution in [0.1, 0.15) is 31.7 Å². The van der Waals surface area contributed by atoms with Crippen molar-refractivity contribution >= 4 is 11.8 Å². The number of nitrogens with one attached hydrogen (secondary N) is 3. The third-order valence-electron chi connectivity index (χ3n) is 3.87. The van der Waals surface area contributed by atoms with Crippen molar-refractivity contribution < 1.29 is 9.59 Å². The minimum Gasteiger partial charge on any atom is -0.355 e. The number of piperidine rings is 1. The van der Waals surface area contributed by atoms with Gasteiger partial charge in [0.05, 0.1) is 6.42 Å². The Hall–Kier alpha value is -1.88. The van der Waals surface area contributed by atoms with Gasteiger partial charge in [0.25, 0.3) is 0 Å². The lowest BCUT2D eigenvalue weighted by Crippen LogP contribution is -2.47. The van der Waals surface area contributed by atoms with Crippen LogP contribution in [0.3, 0.4) is 0 Å². The quantitative estimate of drug-likeness (QED) is 0.734. The molecule has 0 radical (unpaired) electrons. The first-order valence-corrected chi connectivity index (χ1v) is 7.97. The average Bonchev–Trinajstić information content (AvgIpc) is 2.48. The van der Waals surface area contributed by atoms with Crippen LogP contribution in [-0.2, 0) is 16.0 Å². The second-order valence-electron chi connectivity index (χ2n) is 5.91. The lowest BCUT2D eigenvalue weighted by molar-refractivity contribution is -0.122. The molecule has 1 aromatic carbocycles. The second kappa shape index (κ2) is 8.54. The molecule has 0 aliphatic carbocycles. The lowest BCUT2D eigenvalue weighted by Gasteiger charge is -2.28. The molecular formula is C17H25N3O2. The van der Waals surface area contributed by atoms with Crippen LogP contribution < -0.4 is 16.0 Å². The van der Waals surface area contributed by atoms with Crippen molar-refractivity contribution in [1.29, 1.82) is 0 Å². The number of rotatable bonds is 6. The summed E-state index contributed by atoms with van der Waals surface area (Å²) >= 11 is 0. The molecule has 2 rings (SSSR count). The summed E-state index contributed by atoms with van der Waals surface area (Å²) in [6, 6.07) is 10.3. The van der Waals surface area contributed by atoms with E-state index in [1.54, 1.807) is 0 Å². The summed E-state index contributed by atoms with van der Waals surface area (Å²) in [6.45, 7) is 3.46. The van der Waals surface area contributed by atoms with Gasteiger partial charge in [-0.2, -0.15) is 0 Å². The monoisotopic (exact) mass is 303 g/mol. The van der Waals surface area contributed by atoms with E-state index in [1.807, 2.05) is 30.3 Å². The summed E-state index contributed by atoms with van der Waals surface area (Å²) in [4.78, 5) is 23.7. The van der Waals surface area contributed by atoms with Crippen molar-refractivity contribution in [3.63, 3.8) is 0 Å². The van der Waals surface area contributed by atoms with E-state index in [9.17, 15) is 9.59 Å². The van der Waals surface area contributed by atoms with Gasteiger partial charge in [-0.15, -0.1) is 0 Å². The number of hydrogen-bond acceptors (Lipinski definition) is 3. The normalized spacial score (nSPS) is 21.1. The second-order valence-corrected chi connectivity index (χ2v) is 5.91. The number of hydrogen-bond donors (Lipinski definition) is 3. The van der Waals surface area contributed by atoms with Gasteiger partial charge in [-0.05, 0) is 31.9 Å². The van der Waals surface area contributed by atoms with Gasteiger partial charge in [0.15, 0.2) is 0 Å². The smallest absolute Gasteiger partial charge is 0.224 e. The minimum atomic E-state index is -0.0468. The van der Waals surface area contributed by atoms with Crippen molar-refractivity contribution in [2.45, 2.75) is 44.7 Å². The molecule has 1 aliphatic rings. The zero-order valence-electron chi connectivity index (χ0n) is 13.1. The van der Waals surface area contributed by atoms with E-state index >= 15 is 0 Å². The lowest BCUT2D eigenvalue weighted by atomic mass is 10.0. The fourth-order valence-corrected chi connectivity index (χ4v) is 2.72. The van der Waals surface area contributed by atoms with Crippen LogP contribution >= 0.6 is 0 Å². The average molecular weight is 303 g/mol. The summed E-state index contributed by atoms with van der Waals surface area (Å²) in [5, 5.41) is 9.20. The first kappa shape index (κ1) is 16.5. The van der Waals surface area contributed by atoms with E-state index in [1.165, 1.54) is 0 Å². The third-order valence-corrected chi connectivity index (χ3v) is 3.87. The highest BCUT2D eigenvalue weighted by molar-refractivity contribution is 5.80. The standard InChI is InChI=1S/C17H25N3O2/c1-13-11-15(7-9-18-13)20-16(21)8-10-19-17(22)12-14-5-3-2-4-6-14/h2-6,13,15,18H,7-12H2,1H3,(H,19,22)(H,20,21). The summed E-state index contributed by atoms with van der Waals surface area (Å²) in [5.41, 5.74) is 0.980. The minimum absolute atomic E-state index is 0.0131. The zero-order valence-corrected chi connectivity index (χ0v) is 13.1. The van der Waals surface area contributed by atoms with E-state index in [0.29, 0.717) is 25.4 Å². The first-order chi connectivity index (χ1) is 10.6. The molecule has 0 spiro atoms. The molecule has 5 heteroatoms. The maximum Gasteiger partial charge on any atom is 0.224 e. The molecule has 2 unspecified atom stereocenters. The van der Waals surface area contributed by atoms with Gasteiger partial charge in [-0.3, -0.25) is 9.59 Å². The number of benzene rings is 1. The zero-order chi connectivity index (χ0) is 15.8. The van der Waals surface area contributed by atoms with Crippen LogP contribution in [0.25, 0.3) is 0 Å². The number of amides is 2. The molecular weight excluding hydrogens is 278 g/mol. The molecule has 1 heterocycles. The molecule has 1 aliphatic heterocycles. The van der Waals surface area contributed by atoms with Gasteiger partial charge < -0.3 is 16.0 Å². The van der Waals surface area contributed by atoms with Crippen LogP contribution in [0, 0.1) is 0 Å². The molecule has 0 saturated carbocycles. The predicted molar refractivity (Wildman–Crippen MR) is 86.4 cm³/mol. The van der Waals surface area contributed by atoms with Crippen LogP contribution in [-0.4, -0.2) is 37.0 Å². The van der Waals surface area contributed by atoms with E-state index in [0.717, 1.165) is 24.9 Å². The Kier molecular flexibility index (Phi) is 6.40. The van der Waals surface area contributed by atoms with E-state index in [-0.39, 0.29) is 17.9 Å². The van der Waals surface area contributed by atoms with Crippen molar-refractivity contribution in [3.05, 3.63) is 35.9 Å². The number of carbonyl (C=O) groups excluding carboxylic acids is 2. The van der Waals surface area contributed by atoms with Gasteiger partial charge in [0, 0.05) is 25.0 Å². The molecule has 1 aromatic rings. The molecule has 2 atom stereocenters. The topological polar surface area (TPSA) is 70.2 Å². The molecule has 0 bridgehead atoms. The predicted octanol–water partition coefficient (Wildman–Crippen LogP) is 0.992. The molecule has 1 saturated heterocycles. The van der Waals surface area contributed by atoms with Crippen LogP contribution in [0.2, 0.25) is 0 Å². The number of carbonyl (C=O) groups is 2. The Morgan fingerprint density at radius 2 is 2.00 bits per heavy atom. The van der Waals surface area contributed by atoms with Gasteiger partial charge in [0.2, 0.25) is 11.8 Å². The molecule has 22 heavy (non-hydrogen) atoms. The maximum atomic E-state index is 11.9. The molecule has 1 fully saturated rings. The summed E-state index contributed by atoms with van der Waals surface area (Å²) in [5.74, 6) is -0.0337. The van der Waals surface area contributed by atoms with Crippen LogP contribution in [0.4, 0.5) is 0 Å².